The normalized spacial score (nSPS) is 15.3. The van der Waals surface area contributed by atoms with Gasteiger partial charge in [-0.05, 0) is 116 Å². The van der Waals surface area contributed by atoms with Crippen LogP contribution in [0.5, 0.6) is 0 Å². The maximum atomic E-state index is 6.60. The van der Waals surface area contributed by atoms with Crippen molar-refractivity contribution in [3.8, 4) is 39.3 Å². The van der Waals surface area contributed by atoms with Crippen LogP contribution < -0.4 is 0 Å². The molecule has 0 spiro atoms. The highest BCUT2D eigenvalue weighted by atomic mass is 16.3. The Kier molecular flexibility index (Phi) is 8.42. The van der Waals surface area contributed by atoms with E-state index in [1.54, 1.807) is 0 Å². The van der Waals surface area contributed by atoms with Gasteiger partial charge in [-0.15, -0.1) is 0 Å². The van der Waals surface area contributed by atoms with Crippen LogP contribution >= 0.6 is 0 Å². The third kappa shape index (κ3) is 5.91. The average Bonchev–Trinajstić information content (AvgIpc) is 3.73. The molecule has 276 valence electrons. The lowest BCUT2D eigenvalue weighted by atomic mass is 9.74. The molecular formula is C52H52N2O. The second kappa shape index (κ2) is 13.1. The summed E-state index contributed by atoms with van der Waals surface area (Å²) in [6.07, 6.45) is 3.73. The first kappa shape index (κ1) is 35.3. The first-order chi connectivity index (χ1) is 26.4. The van der Waals surface area contributed by atoms with Gasteiger partial charge < -0.3 is 4.42 Å². The summed E-state index contributed by atoms with van der Waals surface area (Å²) in [6, 6.07) is 44.7. The minimum atomic E-state index is 0.167. The van der Waals surface area contributed by atoms with Crippen LogP contribution in [0.15, 0.2) is 126 Å². The van der Waals surface area contributed by atoms with Crippen LogP contribution in [0.3, 0.4) is 0 Å². The SMILES string of the molecule is CC(C)c1cc(-c2ccc(-c3ccc4c(c3)C(C)(C)CCCC4(C)C)cc2)cc(C(C)C)c1-n1c(-c2cccc3c2oc2ccccc23)nc2ccccc21. The van der Waals surface area contributed by atoms with Gasteiger partial charge in [0.2, 0.25) is 0 Å². The molecule has 2 heterocycles. The van der Waals surface area contributed by atoms with Crippen LogP contribution in [0.2, 0.25) is 0 Å². The minimum absolute atomic E-state index is 0.167. The second-order valence-corrected chi connectivity index (χ2v) is 17.8. The number of aromatic nitrogens is 2. The fourth-order valence-corrected chi connectivity index (χ4v) is 9.31. The molecule has 0 fully saturated rings. The van der Waals surface area contributed by atoms with Crippen LogP contribution in [0.25, 0.3) is 72.3 Å². The molecule has 9 rings (SSSR count). The van der Waals surface area contributed by atoms with Crippen molar-refractivity contribution < 1.29 is 4.42 Å². The first-order valence-electron chi connectivity index (χ1n) is 20.2. The third-order valence-corrected chi connectivity index (χ3v) is 12.5. The largest absolute Gasteiger partial charge is 0.455 e. The molecule has 0 aliphatic heterocycles. The lowest BCUT2D eigenvalue weighted by Gasteiger charge is -2.30. The summed E-state index contributed by atoms with van der Waals surface area (Å²) in [4.78, 5) is 5.35. The van der Waals surface area contributed by atoms with Crippen LogP contribution in [0, 0.1) is 0 Å². The van der Waals surface area contributed by atoms with E-state index in [0.717, 1.165) is 44.4 Å². The molecule has 0 atom stereocenters. The summed E-state index contributed by atoms with van der Waals surface area (Å²) in [5.41, 5.74) is 17.1. The van der Waals surface area contributed by atoms with Gasteiger partial charge in [0.05, 0.1) is 22.3 Å². The van der Waals surface area contributed by atoms with Crippen LogP contribution in [-0.4, -0.2) is 9.55 Å². The van der Waals surface area contributed by atoms with Gasteiger partial charge in [-0.1, -0.05) is 147 Å². The Bertz CT molecular complexity index is 2700. The summed E-state index contributed by atoms with van der Waals surface area (Å²) in [5.74, 6) is 1.45. The molecular weight excluding hydrogens is 669 g/mol. The van der Waals surface area contributed by atoms with Crippen molar-refractivity contribution in [1.29, 1.82) is 0 Å². The number of benzene rings is 6. The van der Waals surface area contributed by atoms with Crippen molar-refractivity contribution in [3.05, 3.63) is 144 Å². The van der Waals surface area contributed by atoms with Gasteiger partial charge in [0.25, 0.3) is 0 Å². The second-order valence-electron chi connectivity index (χ2n) is 17.8. The van der Waals surface area contributed by atoms with Crippen molar-refractivity contribution in [1.82, 2.24) is 9.55 Å². The van der Waals surface area contributed by atoms with Gasteiger partial charge in [0.15, 0.2) is 0 Å². The number of imidazole rings is 1. The Morgan fingerprint density at radius 2 is 1.18 bits per heavy atom. The Labute approximate surface area is 326 Å². The Balaban J connectivity index is 1.19. The van der Waals surface area contributed by atoms with E-state index in [-0.39, 0.29) is 22.7 Å². The zero-order valence-corrected chi connectivity index (χ0v) is 33.6. The number of fused-ring (bicyclic) bond motifs is 5. The van der Waals surface area contributed by atoms with E-state index >= 15 is 0 Å². The van der Waals surface area contributed by atoms with Gasteiger partial charge in [0.1, 0.15) is 17.0 Å². The van der Waals surface area contributed by atoms with Crippen molar-refractivity contribution in [3.63, 3.8) is 0 Å². The van der Waals surface area contributed by atoms with E-state index in [0.29, 0.717) is 0 Å². The fraction of sp³-hybridized carbons (Fsp3) is 0.288. The number of furan rings is 1. The average molecular weight is 721 g/mol. The number of para-hydroxylation sites is 4. The van der Waals surface area contributed by atoms with Crippen LogP contribution in [0.4, 0.5) is 0 Å². The molecule has 0 bridgehead atoms. The van der Waals surface area contributed by atoms with Crippen molar-refractivity contribution in [2.75, 3.05) is 0 Å². The molecule has 6 aromatic carbocycles. The van der Waals surface area contributed by atoms with E-state index in [4.69, 9.17) is 9.40 Å². The predicted octanol–water partition coefficient (Wildman–Crippen LogP) is 14.9. The summed E-state index contributed by atoms with van der Waals surface area (Å²) >= 11 is 0. The zero-order valence-electron chi connectivity index (χ0n) is 33.6. The maximum Gasteiger partial charge on any atom is 0.149 e. The maximum absolute atomic E-state index is 6.60. The molecule has 0 amide bonds. The molecule has 55 heavy (non-hydrogen) atoms. The highest BCUT2D eigenvalue weighted by molar-refractivity contribution is 6.09. The first-order valence-corrected chi connectivity index (χ1v) is 20.2. The van der Waals surface area contributed by atoms with Gasteiger partial charge in [-0.3, -0.25) is 4.57 Å². The van der Waals surface area contributed by atoms with Gasteiger partial charge in [0, 0.05) is 10.8 Å². The Hall–Kier alpha value is -5.41. The van der Waals surface area contributed by atoms with Crippen molar-refractivity contribution >= 4 is 33.0 Å². The monoisotopic (exact) mass is 720 g/mol. The van der Waals surface area contributed by atoms with Crippen LogP contribution in [0.1, 0.15) is 109 Å². The van der Waals surface area contributed by atoms with Crippen molar-refractivity contribution in [2.24, 2.45) is 0 Å². The molecule has 1 aliphatic rings. The molecule has 0 unspecified atom stereocenters. The van der Waals surface area contributed by atoms with E-state index in [9.17, 15) is 0 Å². The van der Waals surface area contributed by atoms with E-state index in [1.807, 2.05) is 6.07 Å². The minimum Gasteiger partial charge on any atom is -0.455 e. The third-order valence-electron chi connectivity index (χ3n) is 12.5. The number of nitrogens with zero attached hydrogens (tertiary/aromatic N) is 2. The molecule has 0 saturated heterocycles. The number of hydrogen-bond donors (Lipinski definition) is 0. The standard InChI is InChI=1S/C52H52N2O/c1-32(2)41-29-37(35-23-21-34(22-24-35)36-25-26-43-44(31-36)52(7,8)28-14-27-51(43,5)6)30-42(33(3)4)48(41)54-46-19-11-10-18-45(46)53-50(54)40-17-13-16-39-38-15-9-12-20-47(38)55-49(39)40/h9-13,15-26,29-33H,14,27-28H2,1-8H3. The molecule has 1 aliphatic carbocycles. The summed E-state index contributed by atoms with van der Waals surface area (Å²) in [5, 5.41) is 2.23. The van der Waals surface area contributed by atoms with Gasteiger partial charge in [-0.25, -0.2) is 4.98 Å². The number of hydrogen-bond acceptors (Lipinski definition) is 2. The molecule has 3 heteroatoms. The highest BCUT2D eigenvalue weighted by Crippen LogP contribution is 2.46. The van der Waals surface area contributed by atoms with Crippen LogP contribution in [-0.2, 0) is 10.8 Å². The van der Waals surface area contributed by atoms with Crippen molar-refractivity contribution in [2.45, 2.75) is 97.3 Å². The topological polar surface area (TPSA) is 31.0 Å². The highest BCUT2D eigenvalue weighted by Gasteiger charge is 2.34. The smallest absolute Gasteiger partial charge is 0.149 e. The predicted molar refractivity (Wildman–Crippen MR) is 233 cm³/mol. The lowest BCUT2D eigenvalue weighted by molar-refractivity contribution is 0.433. The zero-order chi connectivity index (χ0) is 38.2. The Morgan fingerprint density at radius 1 is 0.582 bits per heavy atom. The summed E-state index contributed by atoms with van der Waals surface area (Å²) in [6.45, 7) is 19.0. The fourth-order valence-electron chi connectivity index (χ4n) is 9.31. The summed E-state index contributed by atoms with van der Waals surface area (Å²) in [7, 11) is 0. The molecule has 0 saturated carbocycles. The molecule has 0 N–H and O–H groups in total. The quantitative estimate of drug-likeness (QED) is 0.160. The lowest BCUT2D eigenvalue weighted by Crippen LogP contribution is -2.21. The number of rotatable bonds is 6. The molecule has 8 aromatic rings. The summed E-state index contributed by atoms with van der Waals surface area (Å²) < 4.78 is 9.01. The molecule has 2 aromatic heterocycles. The molecule has 3 nitrogen and oxygen atoms in total. The Morgan fingerprint density at radius 3 is 1.89 bits per heavy atom. The van der Waals surface area contributed by atoms with E-state index < -0.39 is 0 Å². The molecule has 0 radical (unpaired) electrons. The van der Waals surface area contributed by atoms with E-state index in [1.165, 1.54) is 69.5 Å². The van der Waals surface area contributed by atoms with E-state index in [2.05, 4.69) is 175 Å². The van der Waals surface area contributed by atoms with Gasteiger partial charge >= 0.3 is 0 Å². The van der Waals surface area contributed by atoms with Gasteiger partial charge in [-0.2, -0.15) is 0 Å².